The summed E-state index contributed by atoms with van der Waals surface area (Å²) in [6.07, 6.45) is 0. The van der Waals surface area contributed by atoms with Crippen molar-refractivity contribution < 1.29 is 88.3 Å². The molecule has 0 unspecified atom stereocenters. The maximum absolute atomic E-state index is 0. The minimum Gasteiger partial charge on any atom is -2.00 e. The van der Waals surface area contributed by atoms with Gasteiger partial charge >= 0.3 is 61.8 Å². The first kappa shape index (κ1) is 29.7. The van der Waals surface area contributed by atoms with Gasteiger partial charge in [-0.1, -0.05) is 0 Å². The molecule has 0 aromatic rings. The van der Waals surface area contributed by atoms with Crippen LogP contribution < -0.4 is 0 Å². The van der Waals surface area contributed by atoms with Gasteiger partial charge in [0.25, 0.3) is 0 Å². The second kappa shape index (κ2) is 17.2. The smallest absolute Gasteiger partial charge is 2.00 e. The van der Waals surface area contributed by atoms with Crippen molar-refractivity contribution in [2.75, 3.05) is 0 Å². The Labute approximate surface area is 86.6 Å². The van der Waals surface area contributed by atoms with Crippen LogP contribution in [0, 0.1) is 35.6 Å². The number of hydrogen-bond acceptors (Lipinski definition) is 0. The van der Waals surface area contributed by atoms with Crippen LogP contribution >= 0.6 is 0 Å². The molecule has 0 N–H and O–H groups in total. The van der Waals surface area contributed by atoms with Gasteiger partial charge in [-0.05, 0) is 0 Å². The first-order chi connectivity index (χ1) is 0. The Morgan fingerprint density at radius 1 is 1.00 bits per heavy atom. The van der Waals surface area contributed by atoms with Crippen LogP contribution in [0.4, 0.5) is 0 Å². The predicted molar refractivity (Wildman–Crippen MR) is 0.686 cm³/mol. The van der Waals surface area contributed by atoms with Crippen molar-refractivity contribution in [3.63, 3.8) is 0 Å². The fourth-order valence-corrected chi connectivity index (χ4v) is 0. The first-order valence-corrected chi connectivity index (χ1v) is 0. The second-order valence-corrected chi connectivity index (χ2v) is 0. The maximum atomic E-state index is 0. The quantitative estimate of drug-likeness (QED) is 0.513. The van der Waals surface area contributed by atoms with Crippen molar-refractivity contribution in [3.05, 3.63) is 0 Å². The van der Waals surface area contributed by atoms with E-state index in [4.69, 9.17) is 0 Å². The second-order valence-electron chi connectivity index (χ2n) is 0. The Kier molecular flexibility index (Phi) is 128. The summed E-state index contributed by atoms with van der Waals surface area (Å²) >= 11 is 0. The SMILES string of the molecule is [La+3].[O-2].[W].[Zr+4]. The van der Waals surface area contributed by atoms with Crippen LogP contribution in [0.3, 0.4) is 0 Å². The first-order valence-electron chi connectivity index (χ1n) is 0. The average molecular weight is 430 g/mol. The number of rotatable bonds is 0. The van der Waals surface area contributed by atoms with Crippen LogP contribution in [-0.2, 0) is 52.7 Å². The van der Waals surface area contributed by atoms with E-state index in [0.717, 1.165) is 0 Å². The Bertz CT molecular complexity index is 8.00. The molecule has 0 amide bonds. The Morgan fingerprint density at radius 2 is 1.00 bits per heavy atom. The van der Waals surface area contributed by atoms with E-state index in [1.54, 1.807) is 0 Å². The minimum absolute atomic E-state index is 0. The van der Waals surface area contributed by atoms with Gasteiger partial charge in [0.2, 0.25) is 0 Å². The Hall–Kier alpha value is 2.73. The van der Waals surface area contributed by atoms with Crippen molar-refractivity contribution in [2.45, 2.75) is 0 Å². The fourth-order valence-electron chi connectivity index (χ4n) is 0. The van der Waals surface area contributed by atoms with Gasteiger partial charge in [0.1, 0.15) is 0 Å². The zero-order valence-electron chi connectivity index (χ0n) is 1.89. The molecule has 1 nitrogen and oxygen atoms in total. The van der Waals surface area contributed by atoms with Gasteiger partial charge in [-0.25, -0.2) is 0 Å². The summed E-state index contributed by atoms with van der Waals surface area (Å²) in [4.78, 5) is 0. The molecule has 4 heavy (non-hydrogen) atoms. The summed E-state index contributed by atoms with van der Waals surface area (Å²) in [7, 11) is 0. The molecule has 0 aliphatic rings. The molecule has 0 spiro atoms. The molecule has 0 aliphatic carbocycles. The molecular weight excluding hydrogens is 430 g/mol. The molecule has 14 valence electrons. The van der Waals surface area contributed by atoms with E-state index >= 15 is 0 Å². The van der Waals surface area contributed by atoms with E-state index in [0.29, 0.717) is 0 Å². The largest absolute Gasteiger partial charge is 4.00 e. The Morgan fingerprint density at radius 3 is 1.00 bits per heavy atom. The molecule has 0 radical (unpaired) electrons. The van der Waals surface area contributed by atoms with Crippen LogP contribution in [-0.4, -0.2) is 0 Å². The van der Waals surface area contributed by atoms with Gasteiger partial charge < -0.3 is 5.48 Å². The van der Waals surface area contributed by atoms with Gasteiger partial charge in [0, 0.05) is 21.1 Å². The zero-order valence-corrected chi connectivity index (χ0v) is 10.9. The van der Waals surface area contributed by atoms with Crippen molar-refractivity contribution in [1.82, 2.24) is 0 Å². The summed E-state index contributed by atoms with van der Waals surface area (Å²) < 4.78 is 0. The molecule has 0 heterocycles. The normalized spacial score (nSPS) is 0. The molecule has 0 saturated carbocycles. The van der Waals surface area contributed by atoms with Crippen molar-refractivity contribution in [2.24, 2.45) is 0 Å². The van der Waals surface area contributed by atoms with Crippen LogP contribution in [0.5, 0.6) is 0 Å². The monoisotopic (exact) mass is 429 g/mol. The third kappa shape index (κ3) is 8.83. The van der Waals surface area contributed by atoms with Crippen LogP contribution in [0.25, 0.3) is 0 Å². The number of hydrogen-bond donors (Lipinski definition) is 0. The molecule has 0 atom stereocenters. The molecule has 0 aromatic heterocycles. The molecule has 4 heteroatoms. The molecule has 0 rings (SSSR count). The molecule has 0 saturated heterocycles. The molecule has 0 fully saturated rings. The minimum atomic E-state index is 0. The van der Waals surface area contributed by atoms with Gasteiger partial charge in [-0.2, -0.15) is 0 Å². The van der Waals surface area contributed by atoms with Gasteiger partial charge in [-0.3, -0.25) is 0 Å². The third-order valence-corrected chi connectivity index (χ3v) is 0. The molecule has 0 aromatic carbocycles. The summed E-state index contributed by atoms with van der Waals surface area (Å²) in [5.41, 5.74) is 0. The van der Waals surface area contributed by atoms with Crippen LogP contribution in [0.15, 0.2) is 0 Å². The summed E-state index contributed by atoms with van der Waals surface area (Å²) in [6.45, 7) is 0. The topological polar surface area (TPSA) is 28.5 Å². The van der Waals surface area contributed by atoms with Crippen molar-refractivity contribution in [1.29, 1.82) is 0 Å². The third-order valence-electron chi connectivity index (χ3n) is 0. The fraction of sp³-hybridized carbons (Fsp3) is 0. The van der Waals surface area contributed by atoms with Crippen molar-refractivity contribution in [3.8, 4) is 0 Å². The van der Waals surface area contributed by atoms with Gasteiger partial charge in [0.15, 0.2) is 0 Å². The Balaban J connectivity index is 0. The summed E-state index contributed by atoms with van der Waals surface area (Å²) in [5.74, 6) is 0. The zero-order chi connectivity index (χ0) is 0. The van der Waals surface area contributed by atoms with Gasteiger partial charge in [-0.15, -0.1) is 0 Å². The molecule has 0 aliphatic heterocycles. The average Bonchev–Trinajstić information content (AvgIpc) is 0. The standard InChI is InChI=1S/La.O.W.Zr/q+3;-2;;+4. The van der Waals surface area contributed by atoms with E-state index in [-0.39, 0.29) is 88.3 Å². The molecule has 0 bridgehead atoms. The predicted octanol–water partition coefficient (Wildman–Crippen LogP) is -0.124. The maximum Gasteiger partial charge on any atom is 4.00 e. The van der Waals surface area contributed by atoms with E-state index in [1.165, 1.54) is 0 Å². The van der Waals surface area contributed by atoms with E-state index < -0.39 is 0 Å². The van der Waals surface area contributed by atoms with Crippen LogP contribution in [0.2, 0.25) is 0 Å². The van der Waals surface area contributed by atoms with Crippen molar-refractivity contribution >= 4 is 0 Å². The van der Waals surface area contributed by atoms with E-state index in [1.807, 2.05) is 0 Å². The van der Waals surface area contributed by atoms with Gasteiger partial charge in [0.05, 0.1) is 0 Å². The summed E-state index contributed by atoms with van der Waals surface area (Å²) in [6, 6.07) is 0. The summed E-state index contributed by atoms with van der Waals surface area (Å²) in [5, 5.41) is 0. The molecular formula is LaOWZr+5. The van der Waals surface area contributed by atoms with Crippen LogP contribution in [0.1, 0.15) is 0 Å². The van der Waals surface area contributed by atoms with E-state index in [9.17, 15) is 0 Å². The van der Waals surface area contributed by atoms with E-state index in [2.05, 4.69) is 0 Å².